The van der Waals surface area contributed by atoms with Crippen molar-refractivity contribution in [3.05, 3.63) is 27.7 Å². The molecule has 14 heavy (non-hydrogen) atoms. The summed E-state index contributed by atoms with van der Waals surface area (Å²) in [6.07, 6.45) is 3.90. The van der Waals surface area contributed by atoms with Gasteiger partial charge in [0.05, 0.1) is 5.69 Å². The summed E-state index contributed by atoms with van der Waals surface area (Å²) >= 11 is 3.35. The Morgan fingerprint density at radius 3 is 2.64 bits per heavy atom. The van der Waals surface area contributed by atoms with E-state index in [1.165, 1.54) is 0 Å². The van der Waals surface area contributed by atoms with Crippen LogP contribution in [0.25, 0.3) is 0 Å². The van der Waals surface area contributed by atoms with Crippen LogP contribution in [0.1, 0.15) is 49.8 Å². The van der Waals surface area contributed by atoms with E-state index in [1.807, 2.05) is 13.8 Å². The zero-order chi connectivity index (χ0) is 10.3. The summed E-state index contributed by atoms with van der Waals surface area (Å²) in [4.78, 5) is 4.16. The molecular weight excluding hydrogens is 245 g/mol. The molecule has 0 saturated heterocycles. The predicted molar refractivity (Wildman–Crippen MR) is 58.0 cm³/mol. The minimum Gasteiger partial charge on any atom is -0.257 e. The highest BCUT2D eigenvalue weighted by atomic mass is 79.9. The average molecular weight is 258 g/mol. The van der Waals surface area contributed by atoms with Gasteiger partial charge in [0.25, 0.3) is 0 Å². The number of rotatable bonds is 2. The first kappa shape index (κ1) is 10.1. The van der Waals surface area contributed by atoms with Gasteiger partial charge in [-0.25, -0.2) is 4.39 Å². The van der Waals surface area contributed by atoms with Crippen LogP contribution in [0.3, 0.4) is 0 Å². The van der Waals surface area contributed by atoms with Gasteiger partial charge >= 0.3 is 0 Å². The van der Waals surface area contributed by atoms with E-state index in [2.05, 4.69) is 20.9 Å². The summed E-state index contributed by atoms with van der Waals surface area (Å²) < 4.78 is 14.8. The normalized spacial score (nSPS) is 16.4. The van der Waals surface area contributed by atoms with Crippen molar-refractivity contribution in [2.75, 3.05) is 0 Å². The molecule has 76 valence electrons. The van der Waals surface area contributed by atoms with Crippen LogP contribution >= 0.6 is 15.9 Å². The molecule has 0 bridgehead atoms. The summed E-state index contributed by atoms with van der Waals surface area (Å²) in [5.41, 5.74) is 1.43. The maximum absolute atomic E-state index is 14.0. The third-order valence-corrected chi connectivity index (χ3v) is 3.21. The zero-order valence-electron chi connectivity index (χ0n) is 8.35. The summed E-state index contributed by atoms with van der Waals surface area (Å²) in [7, 11) is 0. The lowest BCUT2D eigenvalue weighted by Crippen LogP contribution is -2.02. The maximum atomic E-state index is 14.0. The lowest BCUT2D eigenvalue weighted by molar-refractivity contribution is 0.570. The summed E-state index contributed by atoms with van der Waals surface area (Å²) in [5, 5.41) is 0. The molecule has 1 aliphatic rings. The Hall–Kier alpha value is -0.440. The Bertz CT molecular complexity index is 359. The molecule has 0 amide bonds. The van der Waals surface area contributed by atoms with Crippen LogP contribution in [0.15, 0.2) is 10.7 Å². The van der Waals surface area contributed by atoms with Crippen molar-refractivity contribution < 1.29 is 4.39 Å². The molecule has 0 spiro atoms. The molecule has 1 fully saturated rings. The minimum absolute atomic E-state index is 0.100. The largest absolute Gasteiger partial charge is 0.257 e. The molecule has 2 rings (SSSR count). The second-order valence-electron chi connectivity index (χ2n) is 4.15. The molecular formula is C11H13BrFN. The van der Waals surface area contributed by atoms with Crippen LogP contribution < -0.4 is 0 Å². The molecule has 0 radical (unpaired) electrons. The molecule has 0 aliphatic heterocycles. The summed E-state index contributed by atoms with van der Waals surface area (Å²) in [6.45, 7) is 4.00. The van der Waals surface area contributed by atoms with E-state index < -0.39 is 0 Å². The molecule has 0 atom stereocenters. The van der Waals surface area contributed by atoms with Gasteiger partial charge in [-0.1, -0.05) is 13.8 Å². The van der Waals surface area contributed by atoms with E-state index in [9.17, 15) is 4.39 Å². The van der Waals surface area contributed by atoms with Crippen LogP contribution in [-0.2, 0) is 0 Å². The minimum atomic E-state index is -0.100. The number of nitrogens with zero attached hydrogens (tertiary/aromatic N) is 1. The number of pyridine rings is 1. The Kier molecular flexibility index (Phi) is 2.60. The monoisotopic (exact) mass is 257 g/mol. The van der Waals surface area contributed by atoms with E-state index >= 15 is 0 Å². The molecule has 1 heterocycles. The Morgan fingerprint density at radius 2 is 2.14 bits per heavy atom. The van der Waals surface area contributed by atoms with Gasteiger partial charge in [0.15, 0.2) is 0 Å². The Morgan fingerprint density at radius 1 is 1.50 bits per heavy atom. The van der Waals surface area contributed by atoms with Gasteiger partial charge in [0.2, 0.25) is 0 Å². The van der Waals surface area contributed by atoms with Crippen LogP contribution in [0, 0.1) is 5.82 Å². The van der Waals surface area contributed by atoms with Crippen LogP contribution in [-0.4, -0.2) is 4.98 Å². The molecule has 1 aromatic heterocycles. The van der Waals surface area contributed by atoms with Crippen molar-refractivity contribution >= 4 is 15.9 Å². The van der Waals surface area contributed by atoms with Crippen molar-refractivity contribution in [1.82, 2.24) is 4.98 Å². The van der Waals surface area contributed by atoms with E-state index in [-0.39, 0.29) is 11.7 Å². The molecule has 1 saturated carbocycles. The molecule has 0 aromatic carbocycles. The first-order chi connectivity index (χ1) is 6.61. The highest BCUT2D eigenvalue weighted by molar-refractivity contribution is 9.10. The van der Waals surface area contributed by atoms with Gasteiger partial charge in [-0.3, -0.25) is 4.98 Å². The first-order valence-electron chi connectivity index (χ1n) is 4.95. The predicted octanol–water partition coefficient (Wildman–Crippen LogP) is 3.98. The second kappa shape index (κ2) is 3.61. The topological polar surface area (TPSA) is 12.9 Å². The van der Waals surface area contributed by atoms with E-state index in [0.717, 1.165) is 22.9 Å². The number of aromatic nitrogens is 1. The second-order valence-corrected chi connectivity index (χ2v) is 5.00. The fourth-order valence-electron chi connectivity index (χ4n) is 1.67. The third-order valence-electron chi connectivity index (χ3n) is 2.58. The molecule has 0 N–H and O–H groups in total. The van der Waals surface area contributed by atoms with E-state index in [1.54, 1.807) is 6.20 Å². The Balaban J connectivity index is 2.50. The van der Waals surface area contributed by atoms with Crippen molar-refractivity contribution in [2.45, 2.75) is 38.5 Å². The quantitative estimate of drug-likeness (QED) is 0.781. The smallest absolute Gasteiger partial charge is 0.149 e. The molecule has 1 nitrogen and oxygen atoms in total. The van der Waals surface area contributed by atoms with Crippen molar-refractivity contribution in [2.24, 2.45) is 0 Å². The molecule has 1 aliphatic carbocycles. The van der Waals surface area contributed by atoms with Crippen LogP contribution in [0.4, 0.5) is 4.39 Å². The average Bonchev–Trinajstić information content (AvgIpc) is 2.86. The van der Waals surface area contributed by atoms with Crippen LogP contribution in [0.5, 0.6) is 0 Å². The van der Waals surface area contributed by atoms with Gasteiger partial charge in [0, 0.05) is 22.2 Å². The van der Waals surface area contributed by atoms with Gasteiger partial charge in [0.1, 0.15) is 5.82 Å². The van der Waals surface area contributed by atoms with E-state index in [4.69, 9.17) is 0 Å². The molecule has 0 unspecified atom stereocenters. The molecule has 1 aromatic rings. The van der Waals surface area contributed by atoms with Gasteiger partial charge in [-0.2, -0.15) is 0 Å². The highest BCUT2D eigenvalue weighted by Gasteiger charge is 2.30. The molecule has 3 heteroatoms. The fourth-order valence-corrected chi connectivity index (χ4v) is 2.40. The Labute approximate surface area is 91.9 Å². The lowest BCUT2D eigenvalue weighted by Gasteiger charge is -2.12. The number of hydrogen-bond acceptors (Lipinski definition) is 1. The standard InChI is InChI=1S/C11H13BrFN/c1-6(2)9-8(12)5-14-11(10(9)13)7-3-4-7/h5-7H,3-4H2,1-2H3. The summed E-state index contributed by atoms with van der Waals surface area (Å²) in [6, 6.07) is 0. The number of halogens is 2. The van der Waals surface area contributed by atoms with E-state index in [0.29, 0.717) is 11.6 Å². The first-order valence-corrected chi connectivity index (χ1v) is 5.74. The van der Waals surface area contributed by atoms with Gasteiger partial charge < -0.3 is 0 Å². The highest BCUT2D eigenvalue weighted by Crippen LogP contribution is 2.42. The third kappa shape index (κ3) is 1.70. The van der Waals surface area contributed by atoms with Crippen LogP contribution in [0.2, 0.25) is 0 Å². The SMILES string of the molecule is CC(C)c1c(Br)cnc(C2CC2)c1F. The zero-order valence-corrected chi connectivity index (χ0v) is 9.94. The van der Waals surface area contributed by atoms with Crippen molar-refractivity contribution in [3.8, 4) is 0 Å². The van der Waals surface area contributed by atoms with Crippen molar-refractivity contribution in [1.29, 1.82) is 0 Å². The number of hydrogen-bond donors (Lipinski definition) is 0. The maximum Gasteiger partial charge on any atom is 0.149 e. The van der Waals surface area contributed by atoms with Gasteiger partial charge in [-0.05, 0) is 34.7 Å². The lowest BCUT2D eigenvalue weighted by atomic mass is 10.0. The van der Waals surface area contributed by atoms with Crippen molar-refractivity contribution in [3.63, 3.8) is 0 Å². The fraction of sp³-hybridized carbons (Fsp3) is 0.545. The van der Waals surface area contributed by atoms with Gasteiger partial charge in [-0.15, -0.1) is 0 Å². The summed E-state index contributed by atoms with van der Waals surface area (Å²) in [5.74, 6) is 0.474.